The van der Waals surface area contributed by atoms with Crippen molar-refractivity contribution in [1.29, 1.82) is 0 Å². The van der Waals surface area contributed by atoms with Crippen LogP contribution >= 0.6 is 21.6 Å². The lowest BCUT2D eigenvalue weighted by molar-refractivity contribution is -0.610. The van der Waals surface area contributed by atoms with Crippen molar-refractivity contribution in [2.45, 2.75) is 56.1 Å². The zero-order valence-corrected chi connectivity index (χ0v) is 23.8. The average molecular weight is 549 g/mol. The highest BCUT2D eigenvalue weighted by atomic mass is 33.1. The number of hydrogen-bond donors (Lipinski definition) is 2. The van der Waals surface area contributed by atoms with E-state index in [-0.39, 0.29) is 11.3 Å². The number of ether oxygens (including phenoxy) is 1. The van der Waals surface area contributed by atoms with E-state index >= 15 is 0 Å². The number of aromatic nitrogens is 3. The molecule has 0 unspecified atom stereocenters. The maximum atomic E-state index is 13.1. The number of aromatic carboxylic acids is 1. The van der Waals surface area contributed by atoms with Crippen molar-refractivity contribution in [1.82, 2.24) is 9.97 Å². The molecule has 0 spiro atoms. The number of imidazole rings is 1. The predicted molar refractivity (Wildman–Crippen MR) is 151 cm³/mol. The van der Waals surface area contributed by atoms with Gasteiger partial charge in [0.15, 0.2) is 11.3 Å². The molecule has 0 atom stereocenters. The molecule has 9 heteroatoms. The van der Waals surface area contributed by atoms with Gasteiger partial charge in [0, 0.05) is 27.4 Å². The molecule has 2 N–H and O–H groups in total. The molecule has 0 aliphatic heterocycles. The fraction of sp³-hybridized carbons (Fsp3) is 0.310. The maximum Gasteiger partial charge on any atom is 0.402 e. The number of rotatable bonds is 7. The molecule has 0 saturated heterocycles. The largest absolute Gasteiger partial charge is 0.496 e. The third kappa shape index (κ3) is 4.18. The molecular weight excluding hydrogens is 518 g/mol. The minimum absolute atomic E-state index is 0.217. The molecule has 196 valence electrons. The second-order valence-corrected chi connectivity index (χ2v) is 12.9. The van der Waals surface area contributed by atoms with Crippen LogP contribution in [0.4, 0.5) is 0 Å². The molecule has 0 bridgehead atoms. The van der Waals surface area contributed by atoms with Crippen LogP contribution in [-0.2, 0) is 21.4 Å². The first-order valence-corrected chi connectivity index (χ1v) is 14.6. The first kappa shape index (κ1) is 26.3. The van der Waals surface area contributed by atoms with Crippen molar-refractivity contribution < 1.29 is 24.0 Å². The van der Waals surface area contributed by atoms with Gasteiger partial charge < -0.3 is 9.84 Å². The molecule has 7 nitrogen and oxygen atoms in total. The highest BCUT2D eigenvalue weighted by Crippen LogP contribution is 2.47. The minimum Gasteiger partial charge on any atom is -0.496 e. The van der Waals surface area contributed by atoms with Crippen LogP contribution in [-0.4, -0.2) is 33.9 Å². The molecule has 38 heavy (non-hydrogen) atoms. The quantitative estimate of drug-likeness (QED) is 0.218. The molecule has 0 radical (unpaired) electrons. The lowest BCUT2D eigenvalue weighted by Gasteiger charge is -2.21. The number of carboxylic acids is 1. The summed E-state index contributed by atoms with van der Waals surface area (Å²) in [6, 6.07) is 13.0. The van der Waals surface area contributed by atoms with Crippen LogP contribution in [0.2, 0.25) is 0 Å². The van der Waals surface area contributed by atoms with Crippen LogP contribution in [0.25, 0.3) is 17.0 Å². The Bertz CT molecular complexity index is 1550. The Morgan fingerprint density at radius 2 is 1.79 bits per heavy atom. The van der Waals surface area contributed by atoms with Gasteiger partial charge in [-0.2, -0.15) is 0 Å². The van der Waals surface area contributed by atoms with Gasteiger partial charge >= 0.3 is 11.9 Å². The Balaban J connectivity index is 1.53. The van der Waals surface area contributed by atoms with E-state index in [2.05, 4.69) is 11.1 Å². The number of Topliss-reactive ketones (excluding diaryl/α,β-unsaturated/α-hetero) is 1. The number of fused-ring (bicyclic) bond motifs is 2. The second kappa shape index (κ2) is 9.47. The number of aromatic amines is 1. The van der Waals surface area contributed by atoms with Gasteiger partial charge in [-0.1, -0.05) is 38.7 Å². The summed E-state index contributed by atoms with van der Waals surface area (Å²) >= 11 is 0. The van der Waals surface area contributed by atoms with E-state index in [0.717, 1.165) is 39.2 Å². The molecular formula is C29H30N3O4S2+. The maximum absolute atomic E-state index is 13.1. The van der Waals surface area contributed by atoms with Crippen molar-refractivity contribution in [3.05, 3.63) is 76.6 Å². The Labute approximate surface area is 229 Å². The van der Waals surface area contributed by atoms with Gasteiger partial charge in [0.2, 0.25) is 0 Å². The Morgan fingerprint density at radius 1 is 1.11 bits per heavy atom. The van der Waals surface area contributed by atoms with E-state index in [1.165, 1.54) is 10.8 Å². The van der Waals surface area contributed by atoms with E-state index in [0.29, 0.717) is 16.6 Å². The van der Waals surface area contributed by atoms with E-state index in [1.54, 1.807) is 30.0 Å². The summed E-state index contributed by atoms with van der Waals surface area (Å²) in [6.07, 6.45) is 1.93. The zero-order valence-electron chi connectivity index (χ0n) is 22.2. The molecule has 0 saturated carbocycles. The first-order valence-electron chi connectivity index (χ1n) is 12.3. The molecule has 1 aliphatic rings. The van der Waals surface area contributed by atoms with Gasteiger partial charge in [0.05, 0.1) is 24.6 Å². The molecule has 5 rings (SSSR count). The first-order chi connectivity index (χ1) is 18.0. The number of methoxy groups -OCH3 is 1. The van der Waals surface area contributed by atoms with Crippen LogP contribution in [0.3, 0.4) is 0 Å². The summed E-state index contributed by atoms with van der Waals surface area (Å²) < 4.78 is 7.61. The van der Waals surface area contributed by atoms with Crippen molar-refractivity contribution in [3.8, 4) is 11.7 Å². The summed E-state index contributed by atoms with van der Waals surface area (Å²) in [5, 5.41) is 9.52. The molecule has 2 aromatic carbocycles. The van der Waals surface area contributed by atoms with Crippen molar-refractivity contribution in [2.75, 3.05) is 7.11 Å². The van der Waals surface area contributed by atoms with Crippen molar-refractivity contribution >= 4 is 44.4 Å². The van der Waals surface area contributed by atoms with Crippen LogP contribution in [0.1, 0.15) is 60.4 Å². The Morgan fingerprint density at radius 3 is 2.47 bits per heavy atom. The number of nitrogens with zero attached hydrogens (tertiary/aromatic N) is 2. The zero-order chi connectivity index (χ0) is 27.4. The molecule has 0 fully saturated rings. The summed E-state index contributed by atoms with van der Waals surface area (Å²) in [5.41, 5.74) is 4.86. The number of carboxylic acid groups (broad SMARTS) is 1. The molecule has 2 aromatic heterocycles. The molecule has 4 aromatic rings. The number of H-pyrrole nitrogens is 1. The van der Waals surface area contributed by atoms with Crippen LogP contribution in [0.5, 0.6) is 5.75 Å². The molecule has 0 amide bonds. The Hall–Kier alpha value is -3.30. The number of carbonyl (C=O) groups is 2. The summed E-state index contributed by atoms with van der Waals surface area (Å²) in [7, 11) is 4.64. The fourth-order valence-electron chi connectivity index (χ4n) is 5.36. The molecule has 1 aliphatic carbocycles. The highest BCUT2D eigenvalue weighted by molar-refractivity contribution is 8.76. The lowest BCUT2D eigenvalue weighted by atomic mass is 9.80. The number of benzene rings is 2. The van der Waals surface area contributed by atoms with E-state index in [9.17, 15) is 14.7 Å². The number of pyridine rings is 1. The monoisotopic (exact) mass is 548 g/mol. The van der Waals surface area contributed by atoms with Crippen LogP contribution in [0.15, 0.2) is 53.6 Å². The third-order valence-corrected chi connectivity index (χ3v) is 9.76. The van der Waals surface area contributed by atoms with Gasteiger partial charge in [-0.15, -0.1) is 0 Å². The van der Waals surface area contributed by atoms with E-state index in [4.69, 9.17) is 9.72 Å². The summed E-state index contributed by atoms with van der Waals surface area (Å²) in [5.74, 6) is 1.30. The number of ketones is 1. The highest BCUT2D eigenvalue weighted by Gasteiger charge is 2.50. The summed E-state index contributed by atoms with van der Waals surface area (Å²) in [4.78, 5) is 33.8. The van der Waals surface area contributed by atoms with Gasteiger partial charge in [0.25, 0.3) is 0 Å². The number of nitrogens with one attached hydrogen (secondary N) is 1. The predicted octanol–water partition coefficient (Wildman–Crippen LogP) is 5.93. The third-order valence-electron chi connectivity index (χ3n) is 7.47. The number of hydrogen-bond acceptors (Lipinski definition) is 6. The average Bonchev–Trinajstić information content (AvgIpc) is 3.36. The van der Waals surface area contributed by atoms with Crippen molar-refractivity contribution in [2.24, 2.45) is 0 Å². The lowest BCUT2D eigenvalue weighted by Crippen LogP contribution is -2.37. The smallest absolute Gasteiger partial charge is 0.402 e. The normalized spacial score (nSPS) is 15.6. The SMILES string of the molecule is COc1cc[n+](-c2nc3cc4c(cc3[nH]2)C(C)(C)C(=O)C4(C)C)c(CSSc2ccccc2C(=O)O)c1C. The Kier molecular flexibility index (Phi) is 6.55. The fourth-order valence-corrected chi connectivity index (χ4v) is 7.72. The van der Waals surface area contributed by atoms with Crippen LogP contribution < -0.4 is 9.30 Å². The van der Waals surface area contributed by atoms with E-state index < -0.39 is 16.8 Å². The second-order valence-electron chi connectivity index (χ2n) is 10.5. The topological polar surface area (TPSA) is 96.2 Å². The molecule has 2 heterocycles. The van der Waals surface area contributed by atoms with E-state index in [1.807, 2.05) is 69.6 Å². The van der Waals surface area contributed by atoms with Crippen LogP contribution in [0, 0.1) is 6.92 Å². The van der Waals surface area contributed by atoms with Crippen molar-refractivity contribution in [3.63, 3.8) is 0 Å². The van der Waals surface area contributed by atoms with Gasteiger partial charge in [0.1, 0.15) is 17.0 Å². The van der Waals surface area contributed by atoms with Gasteiger partial charge in [-0.25, -0.2) is 14.3 Å². The minimum atomic E-state index is -0.941. The standard InChI is InChI=1S/C29H29N3O4S2/c1-16-22(15-37-38-24-10-8-7-9-17(24)25(33)34)32(12-11-23(16)36-6)27-30-20-13-18-19(14-21(20)31-27)29(4,5)26(35)28(18,2)3/h7-14H,15H2,1-6H3,(H-,30,31,33,34)/p+1. The summed E-state index contributed by atoms with van der Waals surface area (Å²) in [6.45, 7) is 9.96. The van der Waals surface area contributed by atoms with Gasteiger partial charge in [-0.05, 0) is 70.0 Å². The van der Waals surface area contributed by atoms with Gasteiger partial charge in [-0.3, -0.25) is 4.79 Å². The number of carbonyl (C=O) groups excluding carboxylic acids is 1.